The monoisotopic (exact) mass is 570 g/mol. The predicted molar refractivity (Wildman–Crippen MR) is 155 cm³/mol. The molecule has 3 heterocycles. The van der Waals surface area contributed by atoms with Gasteiger partial charge in [-0.2, -0.15) is 0 Å². The third kappa shape index (κ3) is 4.63. The highest BCUT2D eigenvalue weighted by molar-refractivity contribution is 8.18. The number of amidine groups is 1. The van der Waals surface area contributed by atoms with Crippen LogP contribution in [-0.2, 0) is 15.1 Å². The lowest BCUT2D eigenvalue weighted by atomic mass is 9.81. The van der Waals surface area contributed by atoms with Crippen LogP contribution in [-0.4, -0.2) is 57.4 Å². The quantitative estimate of drug-likeness (QED) is 0.432. The number of rotatable bonds is 4. The molecule has 2 aromatic carbocycles. The summed E-state index contributed by atoms with van der Waals surface area (Å²) in [4.78, 5) is 37.9. The van der Waals surface area contributed by atoms with Crippen LogP contribution < -0.4 is 0 Å². The maximum Gasteiger partial charge on any atom is 0.262 e. The van der Waals surface area contributed by atoms with Gasteiger partial charge in [-0.3, -0.25) is 9.59 Å². The van der Waals surface area contributed by atoms with Gasteiger partial charge in [-0.1, -0.05) is 61.3 Å². The normalized spacial score (nSPS) is 25.3. The minimum atomic E-state index is -0.600. The molecule has 38 heavy (non-hydrogen) atoms. The SMILES string of the molecule is CC(=O)N1CCN(C(=O)C2=C(C(C)C)N3C(=N[C@@](C)(c4ccc(Cl)cc4)[C@H]3c3ccc(Cl)cc3)S2)C[C@H]1C. The van der Waals surface area contributed by atoms with Gasteiger partial charge in [0.15, 0.2) is 5.17 Å². The number of hydrogen-bond acceptors (Lipinski definition) is 5. The molecule has 0 aliphatic carbocycles. The Balaban J connectivity index is 1.56. The van der Waals surface area contributed by atoms with E-state index in [0.29, 0.717) is 29.7 Å². The average Bonchev–Trinajstić information content (AvgIpc) is 3.37. The molecule has 5 rings (SSSR count). The van der Waals surface area contributed by atoms with Gasteiger partial charge in [0.05, 0.1) is 6.04 Å². The number of piperazine rings is 1. The molecule has 0 N–H and O–H groups in total. The van der Waals surface area contributed by atoms with Crippen LogP contribution in [0.3, 0.4) is 0 Å². The molecule has 1 saturated heterocycles. The molecule has 3 aliphatic heterocycles. The fraction of sp³-hybridized carbons (Fsp3) is 0.414. The zero-order chi connectivity index (χ0) is 27.4. The Labute approximate surface area is 238 Å². The van der Waals surface area contributed by atoms with Crippen LogP contribution in [0, 0.1) is 5.92 Å². The van der Waals surface area contributed by atoms with Gasteiger partial charge in [-0.25, -0.2) is 4.99 Å². The summed E-state index contributed by atoms with van der Waals surface area (Å²) >= 11 is 13.9. The highest BCUT2D eigenvalue weighted by Gasteiger charge is 2.53. The largest absolute Gasteiger partial charge is 0.337 e. The first-order valence-corrected chi connectivity index (χ1v) is 14.5. The number of carbonyl (C=O) groups excluding carboxylic acids is 2. The van der Waals surface area contributed by atoms with Crippen LogP contribution in [0.1, 0.15) is 51.8 Å². The first kappa shape index (κ1) is 27.1. The number of thioether (sulfide) groups is 1. The zero-order valence-electron chi connectivity index (χ0n) is 22.2. The van der Waals surface area contributed by atoms with Gasteiger partial charge >= 0.3 is 0 Å². The molecule has 3 aliphatic rings. The second kappa shape index (κ2) is 10.2. The molecule has 200 valence electrons. The minimum Gasteiger partial charge on any atom is -0.337 e. The zero-order valence-corrected chi connectivity index (χ0v) is 24.6. The Morgan fingerprint density at radius 2 is 1.63 bits per heavy atom. The van der Waals surface area contributed by atoms with E-state index in [0.717, 1.165) is 26.9 Å². The molecule has 2 aromatic rings. The van der Waals surface area contributed by atoms with Gasteiger partial charge in [-0.05, 0) is 66.9 Å². The van der Waals surface area contributed by atoms with Crippen molar-refractivity contribution in [3.8, 4) is 0 Å². The Kier molecular flexibility index (Phi) is 7.31. The van der Waals surface area contributed by atoms with Crippen LogP contribution in [0.5, 0.6) is 0 Å². The molecule has 1 fully saturated rings. The van der Waals surface area contributed by atoms with Crippen molar-refractivity contribution < 1.29 is 9.59 Å². The van der Waals surface area contributed by atoms with Gasteiger partial charge in [0.25, 0.3) is 5.91 Å². The molecule has 3 atom stereocenters. The number of hydrogen-bond donors (Lipinski definition) is 0. The summed E-state index contributed by atoms with van der Waals surface area (Å²) in [5, 5.41) is 2.17. The maximum atomic E-state index is 14.0. The average molecular weight is 572 g/mol. The van der Waals surface area contributed by atoms with Crippen molar-refractivity contribution in [1.82, 2.24) is 14.7 Å². The summed E-state index contributed by atoms with van der Waals surface area (Å²) < 4.78 is 0. The smallest absolute Gasteiger partial charge is 0.262 e. The number of benzene rings is 2. The maximum absolute atomic E-state index is 14.0. The lowest BCUT2D eigenvalue weighted by Crippen LogP contribution is -2.55. The van der Waals surface area contributed by atoms with Crippen LogP contribution in [0.15, 0.2) is 64.1 Å². The lowest BCUT2D eigenvalue weighted by Gasteiger charge is -2.40. The molecule has 6 nitrogen and oxygen atoms in total. The molecular weight excluding hydrogens is 539 g/mol. The standard InChI is InChI=1S/C29H32Cl2N4O2S/c1-17(2)24-25(27(37)33-14-15-34(19(4)36)18(3)16-33)38-28-32-29(5,21-8-12-23(31)13-9-21)26(35(24)28)20-6-10-22(30)11-7-20/h6-13,17-18,26H,14-16H2,1-5H3/t18-,26-,29+/m1/s1. The second-order valence-corrected chi connectivity index (χ2v) is 12.5. The number of halogens is 2. The lowest BCUT2D eigenvalue weighted by molar-refractivity contribution is -0.138. The fourth-order valence-corrected chi connectivity index (χ4v) is 7.45. The number of amides is 2. The second-order valence-electron chi connectivity index (χ2n) is 10.7. The van der Waals surface area contributed by atoms with Gasteiger partial charge in [0, 0.05) is 48.3 Å². The van der Waals surface area contributed by atoms with Gasteiger partial charge in [0.1, 0.15) is 10.4 Å². The van der Waals surface area contributed by atoms with Crippen molar-refractivity contribution in [2.75, 3.05) is 19.6 Å². The number of aliphatic imine (C=N–C) groups is 1. The third-order valence-electron chi connectivity index (χ3n) is 7.68. The molecule has 0 aromatic heterocycles. The molecule has 0 unspecified atom stereocenters. The topological polar surface area (TPSA) is 56.2 Å². The molecular formula is C29H32Cl2N4O2S. The van der Waals surface area contributed by atoms with Crippen molar-refractivity contribution >= 4 is 51.9 Å². The molecule has 0 radical (unpaired) electrons. The Morgan fingerprint density at radius 1 is 1.03 bits per heavy atom. The number of fused-ring (bicyclic) bond motifs is 1. The fourth-order valence-electron chi connectivity index (χ4n) is 5.82. The number of carbonyl (C=O) groups is 2. The van der Waals surface area contributed by atoms with Crippen molar-refractivity contribution in [2.24, 2.45) is 10.9 Å². The minimum absolute atomic E-state index is 0.00824. The number of allylic oxidation sites excluding steroid dienone is 1. The summed E-state index contributed by atoms with van der Waals surface area (Å²) in [6.07, 6.45) is 0. The van der Waals surface area contributed by atoms with Crippen molar-refractivity contribution in [1.29, 1.82) is 0 Å². The van der Waals surface area contributed by atoms with Crippen LogP contribution in [0.25, 0.3) is 0 Å². The van der Waals surface area contributed by atoms with Crippen molar-refractivity contribution in [3.05, 3.63) is 80.3 Å². The van der Waals surface area contributed by atoms with Gasteiger partial charge in [-0.15, -0.1) is 0 Å². The molecule has 2 amide bonds. The summed E-state index contributed by atoms with van der Waals surface area (Å²) in [5.74, 6) is 0.144. The third-order valence-corrected chi connectivity index (χ3v) is 9.25. The van der Waals surface area contributed by atoms with E-state index in [-0.39, 0.29) is 29.8 Å². The Bertz CT molecular complexity index is 1330. The predicted octanol–water partition coefficient (Wildman–Crippen LogP) is 6.32. The molecule has 0 spiro atoms. The van der Waals surface area contributed by atoms with E-state index in [1.54, 1.807) is 6.92 Å². The van der Waals surface area contributed by atoms with Gasteiger partial charge < -0.3 is 14.7 Å². The van der Waals surface area contributed by atoms with Crippen LogP contribution >= 0.6 is 35.0 Å². The van der Waals surface area contributed by atoms with Crippen LogP contribution in [0.4, 0.5) is 0 Å². The van der Waals surface area contributed by atoms with Crippen molar-refractivity contribution in [2.45, 2.75) is 52.2 Å². The van der Waals surface area contributed by atoms with E-state index < -0.39 is 5.54 Å². The number of nitrogens with zero attached hydrogens (tertiary/aromatic N) is 4. The summed E-state index contributed by atoms with van der Waals surface area (Å²) in [5.41, 5.74) is 2.51. The molecule has 9 heteroatoms. The highest BCUT2D eigenvalue weighted by Crippen LogP contribution is 2.56. The van der Waals surface area contributed by atoms with Gasteiger partial charge in [0.2, 0.25) is 5.91 Å². The first-order valence-electron chi connectivity index (χ1n) is 12.9. The van der Waals surface area contributed by atoms with E-state index in [1.807, 2.05) is 65.3 Å². The summed E-state index contributed by atoms with van der Waals surface area (Å²) in [7, 11) is 0. The molecule has 0 saturated carbocycles. The summed E-state index contributed by atoms with van der Waals surface area (Å²) in [6, 6.07) is 15.6. The van der Waals surface area contributed by atoms with Crippen molar-refractivity contribution in [3.63, 3.8) is 0 Å². The Hall–Kier alpha value is -2.48. The highest BCUT2D eigenvalue weighted by atomic mass is 35.5. The summed E-state index contributed by atoms with van der Waals surface area (Å²) in [6.45, 7) is 11.6. The van der Waals surface area contributed by atoms with E-state index in [4.69, 9.17) is 28.2 Å². The first-order chi connectivity index (χ1) is 18.0. The van der Waals surface area contributed by atoms with E-state index in [1.165, 1.54) is 11.8 Å². The Morgan fingerprint density at radius 3 is 2.18 bits per heavy atom. The van der Waals surface area contributed by atoms with E-state index in [9.17, 15) is 9.59 Å². The van der Waals surface area contributed by atoms with E-state index in [2.05, 4.69) is 25.7 Å². The molecule has 0 bridgehead atoms. The van der Waals surface area contributed by atoms with E-state index >= 15 is 0 Å². The van der Waals surface area contributed by atoms with Crippen LogP contribution in [0.2, 0.25) is 10.0 Å².